The average Bonchev–Trinajstić information content (AvgIpc) is 3.23. The Bertz CT molecular complexity index is 612. The van der Waals surface area contributed by atoms with E-state index in [2.05, 4.69) is 15.0 Å². The van der Waals surface area contributed by atoms with Gasteiger partial charge in [0.1, 0.15) is 5.75 Å². The number of likely N-dealkylation sites (tertiary alicyclic amines) is 1. The molecule has 1 aromatic heterocycles. The van der Waals surface area contributed by atoms with Gasteiger partial charge in [0.15, 0.2) is 5.82 Å². The molecule has 23 heavy (non-hydrogen) atoms. The predicted octanol–water partition coefficient (Wildman–Crippen LogP) is 2.48. The molecule has 6 nitrogen and oxygen atoms in total. The molecule has 0 saturated carbocycles. The van der Waals surface area contributed by atoms with E-state index in [1.165, 1.54) is 12.8 Å². The number of aliphatic hydroxyl groups is 1. The molecule has 0 aliphatic carbocycles. The highest BCUT2D eigenvalue weighted by Crippen LogP contribution is 2.24. The van der Waals surface area contributed by atoms with Crippen LogP contribution in [0, 0.1) is 0 Å². The van der Waals surface area contributed by atoms with Crippen LogP contribution >= 0.6 is 0 Å². The molecule has 1 aliphatic heterocycles. The Morgan fingerprint density at radius 1 is 1.35 bits per heavy atom. The summed E-state index contributed by atoms with van der Waals surface area (Å²) in [6.07, 6.45) is 4.26. The lowest BCUT2D eigenvalue weighted by Crippen LogP contribution is -2.29. The number of ether oxygens (including phenoxy) is 1. The Morgan fingerprint density at radius 3 is 2.91 bits per heavy atom. The van der Waals surface area contributed by atoms with E-state index in [9.17, 15) is 0 Å². The van der Waals surface area contributed by atoms with Crippen molar-refractivity contribution in [2.45, 2.75) is 38.3 Å². The fraction of sp³-hybridized carbons (Fsp3) is 0.529. The third kappa shape index (κ3) is 3.89. The van der Waals surface area contributed by atoms with Crippen molar-refractivity contribution in [2.75, 3.05) is 20.3 Å². The molecule has 1 N–H and O–H groups in total. The number of aromatic nitrogens is 2. The fourth-order valence-electron chi connectivity index (χ4n) is 3.11. The zero-order valence-electron chi connectivity index (χ0n) is 13.4. The summed E-state index contributed by atoms with van der Waals surface area (Å²) < 4.78 is 10.5. The van der Waals surface area contributed by atoms with Crippen molar-refractivity contribution < 1.29 is 14.4 Å². The van der Waals surface area contributed by atoms with Gasteiger partial charge < -0.3 is 14.4 Å². The summed E-state index contributed by atoms with van der Waals surface area (Å²) >= 11 is 0. The van der Waals surface area contributed by atoms with Crippen LogP contribution in [0.3, 0.4) is 0 Å². The topological polar surface area (TPSA) is 71.6 Å². The number of hydrogen-bond donors (Lipinski definition) is 1. The number of aliphatic hydroxyl groups excluding tert-OH is 1. The van der Waals surface area contributed by atoms with Gasteiger partial charge in [-0.05, 0) is 56.5 Å². The number of nitrogens with zero attached hydrogens (tertiary/aromatic N) is 3. The van der Waals surface area contributed by atoms with Crippen LogP contribution in [0.4, 0.5) is 0 Å². The SMILES string of the molecule is COc1ccc(-c2nc(CN3CCCC3CCCO)no2)cc1. The van der Waals surface area contributed by atoms with Gasteiger partial charge in [-0.15, -0.1) is 0 Å². The van der Waals surface area contributed by atoms with Gasteiger partial charge in [-0.2, -0.15) is 4.98 Å². The van der Waals surface area contributed by atoms with E-state index in [-0.39, 0.29) is 6.61 Å². The molecule has 1 aliphatic rings. The Hall–Kier alpha value is -1.92. The molecule has 0 amide bonds. The predicted molar refractivity (Wildman–Crippen MR) is 86.0 cm³/mol. The minimum absolute atomic E-state index is 0.258. The number of methoxy groups -OCH3 is 1. The summed E-state index contributed by atoms with van der Waals surface area (Å²) in [6.45, 7) is 2.02. The first-order valence-electron chi connectivity index (χ1n) is 8.12. The van der Waals surface area contributed by atoms with E-state index in [0.717, 1.165) is 30.7 Å². The van der Waals surface area contributed by atoms with Crippen LogP contribution in [-0.2, 0) is 6.54 Å². The third-order valence-electron chi connectivity index (χ3n) is 4.34. The van der Waals surface area contributed by atoms with Gasteiger partial charge in [0.05, 0.1) is 13.7 Å². The molecule has 1 unspecified atom stereocenters. The van der Waals surface area contributed by atoms with Crippen molar-refractivity contribution in [3.63, 3.8) is 0 Å². The summed E-state index contributed by atoms with van der Waals surface area (Å²) in [4.78, 5) is 6.89. The molecule has 2 heterocycles. The maximum absolute atomic E-state index is 9.00. The average molecular weight is 317 g/mol. The maximum Gasteiger partial charge on any atom is 0.257 e. The van der Waals surface area contributed by atoms with E-state index in [4.69, 9.17) is 14.4 Å². The number of rotatable bonds is 7. The molecule has 1 aromatic carbocycles. The van der Waals surface area contributed by atoms with Crippen LogP contribution in [0.15, 0.2) is 28.8 Å². The van der Waals surface area contributed by atoms with Crippen molar-refractivity contribution in [3.05, 3.63) is 30.1 Å². The first-order chi connectivity index (χ1) is 11.3. The summed E-state index contributed by atoms with van der Waals surface area (Å²) in [5, 5.41) is 13.1. The minimum Gasteiger partial charge on any atom is -0.497 e. The highest BCUT2D eigenvalue weighted by Gasteiger charge is 2.25. The van der Waals surface area contributed by atoms with Gasteiger partial charge >= 0.3 is 0 Å². The first-order valence-corrected chi connectivity index (χ1v) is 8.12. The highest BCUT2D eigenvalue weighted by molar-refractivity contribution is 5.54. The standard InChI is InChI=1S/C17H23N3O3/c1-22-15-8-6-13(7-9-15)17-18-16(19-23-17)12-20-10-2-4-14(20)5-3-11-21/h6-9,14,21H,2-5,10-12H2,1H3. The summed E-state index contributed by atoms with van der Waals surface area (Å²) in [5.74, 6) is 2.05. The molecule has 1 fully saturated rings. The molecule has 0 spiro atoms. The van der Waals surface area contributed by atoms with Crippen molar-refractivity contribution in [1.82, 2.24) is 15.0 Å². The second-order valence-corrected chi connectivity index (χ2v) is 5.88. The molecule has 124 valence electrons. The molecule has 3 rings (SSSR count). The highest BCUT2D eigenvalue weighted by atomic mass is 16.5. The Labute approximate surface area is 136 Å². The molecule has 0 radical (unpaired) electrons. The van der Waals surface area contributed by atoms with Crippen molar-refractivity contribution in [1.29, 1.82) is 0 Å². The Balaban J connectivity index is 1.64. The van der Waals surface area contributed by atoms with E-state index in [1.54, 1.807) is 7.11 Å². The van der Waals surface area contributed by atoms with Crippen LogP contribution in [0.1, 0.15) is 31.5 Å². The molecule has 1 saturated heterocycles. The Morgan fingerprint density at radius 2 is 2.17 bits per heavy atom. The molecule has 2 aromatic rings. The van der Waals surface area contributed by atoms with Gasteiger partial charge in [0.25, 0.3) is 5.89 Å². The lowest BCUT2D eigenvalue weighted by atomic mass is 10.1. The van der Waals surface area contributed by atoms with Crippen LogP contribution in [-0.4, -0.2) is 46.5 Å². The van der Waals surface area contributed by atoms with E-state index >= 15 is 0 Å². The molecular weight excluding hydrogens is 294 g/mol. The van der Waals surface area contributed by atoms with Gasteiger partial charge in [-0.1, -0.05) is 5.16 Å². The van der Waals surface area contributed by atoms with Crippen molar-refractivity contribution >= 4 is 0 Å². The second kappa shape index (κ2) is 7.57. The zero-order chi connectivity index (χ0) is 16.1. The van der Waals surface area contributed by atoms with Gasteiger partial charge in [0.2, 0.25) is 0 Å². The van der Waals surface area contributed by atoms with Gasteiger partial charge in [0, 0.05) is 18.2 Å². The van der Waals surface area contributed by atoms with E-state index in [0.29, 0.717) is 24.3 Å². The van der Waals surface area contributed by atoms with E-state index in [1.807, 2.05) is 24.3 Å². The summed E-state index contributed by atoms with van der Waals surface area (Å²) in [5.41, 5.74) is 0.891. The smallest absolute Gasteiger partial charge is 0.257 e. The number of benzene rings is 1. The Kier molecular flexibility index (Phi) is 5.25. The summed E-state index contributed by atoms with van der Waals surface area (Å²) in [7, 11) is 1.64. The monoisotopic (exact) mass is 317 g/mol. The molecular formula is C17H23N3O3. The maximum atomic E-state index is 9.00. The fourth-order valence-corrected chi connectivity index (χ4v) is 3.11. The van der Waals surface area contributed by atoms with Crippen molar-refractivity contribution in [3.8, 4) is 17.2 Å². The van der Waals surface area contributed by atoms with Crippen LogP contribution < -0.4 is 4.74 Å². The van der Waals surface area contributed by atoms with Crippen molar-refractivity contribution in [2.24, 2.45) is 0 Å². The third-order valence-corrected chi connectivity index (χ3v) is 4.34. The minimum atomic E-state index is 0.258. The van der Waals surface area contributed by atoms with E-state index < -0.39 is 0 Å². The first kappa shape index (κ1) is 16.0. The van der Waals surface area contributed by atoms with Crippen LogP contribution in [0.25, 0.3) is 11.5 Å². The molecule has 1 atom stereocenters. The molecule has 0 bridgehead atoms. The quantitative estimate of drug-likeness (QED) is 0.846. The normalized spacial score (nSPS) is 18.4. The van der Waals surface area contributed by atoms with Gasteiger partial charge in [-0.3, -0.25) is 4.90 Å². The van der Waals surface area contributed by atoms with Crippen LogP contribution in [0.5, 0.6) is 5.75 Å². The second-order valence-electron chi connectivity index (χ2n) is 5.88. The summed E-state index contributed by atoms with van der Waals surface area (Å²) in [6, 6.07) is 8.10. The largest absolute Gasteiger partial charge is 0.497 e. The zero-order valence-corrected chi connectivity index (χ0v) is 13.4. The lowest BCUT2D eigenvalue weighted by molar-refractivity contribution is 0.204. The number of hydrogen-bond acceptors (Lipinski definition) is 6. The lowest BCUT2D eigenvalue weighted by Gasteiger charge is -2.22. The van der Waals surface area contributed by atoms with Gasteiger partial charge in [-0.25, -0.2) is 0 Å². The molecule has 6 heteroatoms. The van der Waals surface area contributed by atoms with Crippen LogP contribution in [0.2, 0.25) is 0 Å².